The molecule has 3 aromatic rings. The van der Waals surface area contributed by atoms with Crippen LogP contribution >= 0.6 is 22.7 Å². The maximum atomic E-state index is 13.4. The number of carbonyl (C=O) groups excluding carboxylic acids is 1. The molecule has 3 nitrogen and oxygen atoms in total. The van der Waals surface area contributed by atoms with Gasteiger partial charge in [-0.2, -0.15) is 0 Å². The molecule has 30 heavy (non-hydrogen) atoms. The normalized spacial score (nSPS) is 22.6. The molecule has 0 spiro atoms. The molecule has 1 amide bonds. The van der Waals surface area contributed by atoms with Gasteiger partial charge in [-0.05, 0) is 55.8 Å². The fourth-order valence-corrected chi connectivity index (χ4v) is 7.31. The number of benzene rings is 1. The molecule has 2 atom stereocenters. The third-order valence-corrected chi connectivity index (χ3v) is 8.98. The minimum atomic E-state index is 0.268. The summed E-state index contributed by atoms with van der Waals surface area (Å²) in [5, 5.41) is 5.66. The Kier molecular flexibility index (Phi) is 5.94. The molecule has 0 radical (unpaired) electrons. The smallest absolute Gasteiger partial charge is 0.227 e. The van der Waals surface area contributed by atoms with Gasteiger partial charge >= 0.3 is 0 Å². The topological polar surface area (TPSA) is 23.6 Å². The Hall–Kier alpha value is -1.69. The van der Waals surface area contributed by atoms with Crippen LogP contribution in [0.3, 0.4) is 0 Å². The molecule has 3 heterocycles. The summed E-state index contributed by atoms with van der Waals surface area (Å²) in [6.45, 7) is 2.42. The molecule has 2 aliphatic rings. The van der Waals surface area contributed by atoms with E-state index in [2.05, 4.69) is 50.9 Å². The first kappa shape index (κ1) is 20.2. The quantitative estimate of drug-likeness (QED) is 0.485. The third kappa shape index (κ3) is 3.83. The lowest BCUT2D eigenvalue weighted by Crippen LogP contribution is -2.53. The Morgan fingerprint density at radius 1 is 1.07 bits per heavy atom. The van der Waals surface area contributed by atoms with Crippen molar-refractivity contribution in [3.05, 3.63) is 46.7 Å². The van der Waals surface area contributed by atoms with Crippen molar-refractivity contribution >= 4 is 38.7 Å². The molecule has 1 saturated heterocycles. The monoisotopic (exact) mass is 438 g/mol. The van der Waals surface area contributed by atoms with Gasteiger partial charge in [-0.25, -0.2) is 0 Å². The Morgan fingerprint density at radius 3 is 2.70 bits per heavy atom. The van der Waals surface area contributed by atoms with E-state index in [4.69, 9.17) is 0 Å². The lowest BCUT2D eigenvalue weighted by atomic mass is 9.88. The van der Waals surface area contributed by atoms with Crippen molar-refractivity contribution in [1.82, 2.24) is 9.80 Å². The second-order valence-electron chi connectivity index (χ2n) is 8.76. The van der Waals surface area contributed by atoms with Crippen molar-refractivity contribution in [2.24, 2.45) is 0 Å². The molecule has 2 fully saturated rings. The van der Waals surface area contributed by atoms with E-state index in [1.54, 1.807) is 22.7 Å². The summed E-state index contributed by atoms with van der Waals surface area (Å²) in [7, 11) is 2.05. The molecule has 1 aliphatic heterocycles. The van der Waals surface area contributed by atoms with Gasteiger partial charge in [0.05, 0.1) is 6.42 Å². The second-order valence-corrected chi connectivity index (χ2v) is 10.6. The molecule has 1 saturated carbocycles. The van der Waals surface area contributed by atoms with Crippen LogP contribution in [0.5, 0.6) is 0 Å². The van der Waals surface area contributed by atoms with Crippen molar-refractivity contribution in [1.29, 1.82) is 0 Å². The number of carbonyl (C=O) groups is 1. The van der Waals surface area contributed by atoms with Crippen LogP contribution in [0.25, 0.3) is 20.5 Å². The van der Waals surface area contributed by atoms with E-state index in [0.29, 0.717) is 18.5 Å². The van der Waals surface area contributed by atoms with Crippen molar-refractivity contribution in [2.75, 3.05) is 20.1 Å². The number of amides is 1. The van der Waals surface area contributed by atoms with Gasteiger partial charge in [-0.15, -0.1) is 22.7 Å². The van der Waals surface area contributed by atoms with Gasteiger partial charge < -0.3 is 4.90 Å². The summed E-state index contributed by atoms with van der Waals surface area (Å²) in [6.07, 6.45) is 8.07. The molecule has 158 valence electrons. The van der Waals surface area contributed by atoms with E-state index in [1.807, 2.05) is 7.05 Å². The summed E-state index contributed by atoms with van der Waals surface area (Å²) >= 11 is 3.55. The van der Waals surface area contributed by atoms with Gasteiger partial charge in [0.25, 0.3) is 0 Å². The molecular weight excluding hydrogens is 408 g/mol. The maximum Gasteiger partial charge on any atom is 0.227 e. The van der Waals surface area contributed by atoms with E-state index in [0.717, 1.165) is 6.42 Å². The SMILES string of the molecule is CN(C(=O)Cc1cccc2c(-c3cccs3)csc12)C1CCCCC1N1CCCC1. The summed E-state index contributed by atoms with van der Waals surface area (Å²) in [5.41, 5.74) is 2.47. The van der Waals surface area contributed by atoms with Crippen molar-refractivity contribution in [3.63, 3.8) is 0 Å². The van der Waals surface area contributed by atoms with Gasteiger partial charge in [0.2, 0.25) is 5.91 Å². The van der Waals surface area contributed by atoms with Crippen molar-refractivity contribution in [2.45, 2.75) is 57.0 Å². The van der Waals surface area contributed by atoms with E-state index >= 15 is 0 Å². The highest BCUT2D eigenvalue weighted by atomic mass is 32.1. The Bertz CT molecular complexity index is 1000. The zero-order chi connectivity index (χ0) is 20.5. The first-order valence-electron chi connectivity index (χ1n) is 11.2. The first-order valence-corrected chi connectivity index (χ1v) is 13.0. The van der Waals surface area contributed by atoms with Crippen LogP contribution in [0.2, 0.25) is 0 Å². The highest BCUT2D eigenvalue weighted by Gasteiger charge is 2.35. The van der Waals surface area contributed by atoms with Crippen LogP contribution in [0.4, 0.5) is 0 Å². The number of nitrogens with zero attached hydrogens (tertiary/aromatic N) is 2. The molecule has 5 heteroatoms. The number of likely N-dealkylation sites (N-methyl/N-ethyl adjacent to an activating group) is 1. The van der Waals surface area contributed by atoms with E-state index in [-0.39, 0.29) is 5.91 Å². The van der Waals surface area contributed by atoms with Crippen LogP contribution < -0.4 is 0 Å². The number of rotatable bonds is 5. The van der Waals surface area contributed by atoms with Gasteiger partial charge in [-0.3, -0.25) is 9.69 Å². The average molecular weight is 439 g/mol. The van der Waals surface area contributed by atoms with E-state index in [9.17, 15) is 4.79 Å². The molecule has 5 rings (SSSR count). The fraction of sp³-hybridized carbons (Fsp3) is 0.480. The number of hydrogen-bond acceptors (Lipinski definition) is 4. The van der Waals surface area contributed by atoms with Crippen LogP contribution in [0.15, 0.2) is 41.1 Å². The van der Waals surface area contributed by atoms with Gasteiger partial charge in [-0.1, -0.05) is 37.1 Å². The lowest BCUT2D eigenvalue weighted by Gasteiger charge is -2.42. The molecular formula is C25H30N2OS2. The molecule has 2 unspecified atom stereocenters. The van der Waals surface area contributed by atoms with Crippen LogP contribution in [-0.2, 0) is 11.2 Å². The minimum absolute atomic E-state index is 0.268. The van der Waals surface area contributed by atoms with E-state index in [1.165, 1.54) is 71.3 Å². The van der Waals surface area contributed by atoms with Crippen LogP contribution in [-0.4, -0.2) is 47.9 Å². The molecule has 1 aromatic carbocycles. The molecule has 2 aromatic heterocycles. The first-order chi connectivity index (χ1) is 14.7. The lowest BCUT2D eigenvalue weighted by molar-refractivity contribution is -0.133. The number of thiophene rings is 2. The summed E-state index contributed by atoms with van der Waals surface area (Å²) in [6, 6.07) is 11.7. The van der Waals surface area contributed by atoms with Gasteiger partial charge in [0, 0.05) is 45.0 Å². The largest absolute Gasteiger partial charge is 0.341 e. The fourth-order valence-electron chi connectivity index (χ4n) is 5.39. The molecule has 0 N–H and O–H groups in total. The second kappa shape index (κ2) is 8.81. The van der Waals surface area contributed by atoms with Gasteiger partial charge in [0.15, 0.2) is 0 Å². The van der Waals surface area contributed by atoms with Gasteiger partial charge in [0.1, 0.15) is 0 Å². The van der Waals surface area contributed by atoms with Crippen LogP contribution in [0, 0.1) is 0 Å². The number of likely N-dealkylation sites (tertiary alicyclic amines) is 1. The maximum absolute atomic E-state index is 13.4. The number of fused-ring (bicyclic) bond motifs is 1. The zero-order valence-corrected chi connectivity index (χ0v) is 19.3. The Labute approximate surface area is 187 Å². The number of hydrogen-bond donors (Lipinski definition) is 0. The van der Waals surface area contributed by atoms with E-state index < -0.39 is 0 Å². The molecule has 0 bridgehead atoms. The summed E-state index contributed by atoms with van der Waals surface area (Å²) in [4.78, 5) is 19.4. The third-order valence-electron chi connectivity index (χ3n) is 7.00. The minimum Gasteiger partial charge on any atom is -0.341 e. The van der Waals surface area contributed by atoms with Crippen molar-refractivity contribution < 1.29 is 4.79 Å². The molecule has 1 aliphatic carbocycles. The van der Waals surface area contributed by atoms with Crippen LogP contribution in [0.1, 0.15) is 44.1 Å². The van der Waals surface area contributed by atoms with Crippen molar-refractivity contribution in [3.8, 4) is 10.4 Å². The highest BCUT2D eigenvalue weighted by molar-refractivity contribution is 7.19. The highest BCUT2D eigenvalue weighted by Crippen LogP contribution is 2.38. The summed E-state index contributed by atoms with van der Waals surface area (Å²) < 4.78 is 1.27. The average Bonchev–Trinajstić information content (AvgIpc) is 3.54. The Balaban J connectivity index is 1.36. The predicted octanol–water partition coefficient (Wildman–Crippen LogP) is 6.04. The zero-order valence-electron chi connectivity index (χ0n) is 17.7. The Morgan fingerprint density at radius 2 is 1.90 bits per heavy atom. The standard InChI is InChI=1S/C25H30N2OS2/c1-26(21-10-2-3-11-22(21)27-13-4-5-14-27)24(28)16-18-8-6-9-19-20(17-30-25(18)19)23-12-7-15-29-23/h6-9,12,15,17,21-22H,2-5,10-11,13-14,16H2,1H3. The predicted molar refractivity (Wildman–Crippen MR) is 128 cm³/mol. The summed E-state index contributed by atoms with van der Waals surface area (Å²) in [5.74, 6) is 0.268.